The minimum absolute atomic E-state index is 0.0173. The zero-order chi connectivity index (χ0) is 28.1. The maximum Gasteiger partial charge on any atom is 0.269 e. The first-order valence-corrected chi connectivity index (χ1v) is 14.5. The van der Waals surface area contributed by atoms with Crippen LogP contribution in [0.25, 0.3) is 0 Å². The predicted octanol–water partition coefficient (Wildman–Crippen LogP) is 5.41. The zero-order valence-corrected chi connectivity index (χ0v) is 23.3. The van der Waals surface area contributed by atoms with Crippen molar-refractivity contribution < 1.29 is 14.5 Å². The van der Waals surface area contributed by atoms with E-state index in [1.807, 2.05) is 31.2 Å². The number of aromatic nitrogens is 4. The fourth-order valence-corrected chi connectivity index (χ4v) is 6.49. The first-order valence-electron chi connectivity index (χ1n) is 12.9. The second kappa shape index (κ2) is 12.4. The Bertz CT molecular complexity index is 1500. The molecule has 0 bridgehead atoms. The van der Waals surface area contributed by atoms with E-state index in [-0.39, 0.29) is 42.2 Å². The number of nitrogens with zero attached hydrogens (tertiary/aromatic N) is 5. The second-order valence-electron chi connectivity index (χ2n) is 9.81. The van der Waals surface area contributed by atoms with Crippen molar-refractivity contribution in [3.63, 3.8) is 0 Å². The first kappa shape index (κ1) is 27.5. The van der Waals surface area contributed by atoms with Gasteiger partial charge in [0, 0.05) is 24.0 Å². The minimum Gasteiger partial charge on any atom is -0.300 e. The number of rotatable bonds is 9. The lowest BCUT2D eigenvalue weighted by atomic mass is 9.82. The molecule has 2 aromatic heterocycles. The van der Waals surface area contributed by atoms with Crippen molar-refractivity contribution in [1.82, 2.24) is 20.4 Å². The number of nitro benzene ring substituents is 1. The largest absolute Gasteiger partial charge is 0.300 e. The molecule has 0 spiro atoms. The van der Waals surface area contributed by atoms with Gasteiger partial charge in [-0.05, 0) is 37.3 Å². The minimum atomic E-state index is -0.474. The van der Waals surface area contributed by atoms with Crippen molar-refractivity contribution in [2.24, 2.45) is 0 Å². The number of hydrogen-bond donors (Lipinski definition) is 2. The van der Waals surface area contributed by atoms with E-state index in [0.717, 1.165) is 46.8 Å². The lowest BCUT2D eigenvalue weighted by Gasteiger charge is -2.25. The number of anilines is 2. The third-order valence-electron chi connectivity index (χ3n) is 6.74. The normalized spacial score (nSPS) is 16.8. The summed E-state index contributed by atoms with van der Waals surface area (Å²) in [5.41, 5.74) is 2.75. The number of nitrogens with one attached hydrogen (secondary N) is 2. The molecule has 11 nitrogen and oxygen atoms in total. The van der Waals surface area contributed by atoms with Gasteiger partial charge in [-0.25, -0.2) is 0 Å². The van der Waals surface area contributed by atoms with Crippen molar-refractivity contribution in [2.75, 3.05) is 10.6 Å². The molecule has 0 aliphatic heterocycles. The molecular weight excluding hydrogens is 550 g/mol. The molecule has 13 heteroatoms. The Kier molecular flexibility index (Phi) is 8.51. The average molecular weight is 578 g/mol. The summed E-state index contributed by atoms with van der Waals surface area (Å²) >= 11 is 2.78. The van der Waals surface area contributed by atoms with Crippen molar-refractivity contribution >= 4 is 50.4 Å². The highest BCUT2D eigenvalue weighted by Gasteiger charge is 2.29. The van der Waals surface area contributed by atoms with Crippen LogP contribution in [-0.4, -0.2) is 37.1 Å². The van der Waals surface area contributed by atoms with Crippen LogP contribution in [0.5, 0.6) is 0 Å². The number of hydrogen-bond acceptors (Lipinski definition) is 10. The fraction of sp³-hybridized carbons (Fsp3) is 0.333. The lowest BCUT2D eigenvalue weighted by Crippen LogP contribution is -2.14. The Morgan fingerprint density at radius 1 is 0.825 bits per heavy atom. The van der Waals surface area contributed by atoms with Gasteiger partial charge in [0.2, 0.25) is 22.1 Å². The fourth-order valence-electron chi connectivity index (χ4n) is 4.68. The highest BCUT2D eigenvalue weighted by atomic mass is 32.1. The van der Waals surface area contributed by atoms with Gasteiger partial charge in [0.05, 0.1) is 17.8 Å². The van der Waals surface area contributed by atoms with Crippen LogP contribution in [0.3, 0.4) is 0 Å². The van der Waals surface area contributed by atoms with Gasteiger partial charge in [0.25, 0.3) is 5.69 Å². The molecule has 0 radical (unpaired) electrons. The standard InChI is InChI=1S/C27H27N7O4S2/c1-16-5-7-17(8-6-16)13-22(35)28-26-32-30-24(39-26)19-3-2-4-20(15-19)25-31-33-27(40-25)29-23(36)14-18-9-11-21(12-10-18)34(37)38/h5-12,19-20H,2-4,13-15H2,1H3,(H,28,32,35)(H,29,33,36)/t19-,20-/m1/s1. The van der Waals surface area contributed by atoms with Crippen molar-refractivity contribution in [2.45, 2.75) is 57.3 Å². The smallest absolute Gasteiger partial charge is 0.269 e. The highest BCUT2D eigenvalue weighted by molar-refractivity contribution is 7.15. The summed E-state index contributed by atoms with van der Waals surface area (Å²) in [6, 6.07) is 13.8. The molecule has 5 rings (SSSR count). The molecule has 1 aliphatic carbocycles. The third-order valence-corrected chi connectivity index (χ3v) is 8.75. The molecule has 40 heavy (non-hydrogen) atoms. The lowest BCUT2D eigenvalue weighted by molar-refractivity contribution is -0.384. The number of aryl methyl sites for hydroxylation is 1. The summed E-state index contributed by atoms with van der Waals surface area (Å²) in [5.74, 6) is 0.0251. The Morgan fingerprint density at radius 3 is 1.77 bits per heavy atom. The van der Waals surface area contributed by atoms with E-state index in [2.05, 4.69) is 31.0 Å². The van der Waals surface area contributed by atoms with E-state index in [4.69, 9.17) is 0 Å². The summed E-state index contributed by atoms with van der Waals surface area (Å²) in [6.45, 7) is 2.01. The van der Waals surface area contributed by atoms with Gasteiger partial charge in [-0.15, -0.1) is 20.4 Å². The molecular formula is C27H27N7O4S2. The van der Waals surface area contributed by atoms with Gasteiger partial charge in [0.1, 0.15) is 10.0 Å². The molecule has 2 heterocycles. The monoisotopic (exact) mass is 577 g/mol. The quantitative estimate of drug-likeness (QED) is 0.198. The van der Waals surface area contributed by atoms with Gasteiger partial charge in [-0.1, -0.05) is 71.1 Å². The Balaban J connectivity index is 1.14. The third kappa shape index (κ3) is 7.10. The van der Waals surface area contributed by atoms with E-state index >= 15 is 0 Å². The highest BCUT2D eigenvalue weighted by Crippen LogP contribution is 2.43. The average Bonchev–Trinajstić information content (AvgIpc) is 3.60. The van der Waals surface area contributed by atoms with Crippen LogP contribution in [0.2, 0.25) is 0 Å². The van der Waals surface area contributed by atoms with E-state index in [1.54, 1.807) is 12.1 Å². The molecule has 206 valence electrons. The molecule has 4 aromatic rings. The van der Waals surface area contributed by atoms with Crippen molar-refractivity contribution in [3.8, 4) is 0 Å². The Hall–Kier alpha value is -4.10. The molecule has 2 amide bonds. The summed E-state index contributed by atoms with van der Waals surface area (Å²) < 4.78 is 0. The van der Waals surface area contributed by atoms with Crippen LogP contribution < -0.4 is 10.6 Å². The molecule has 1 aliphatic rings. The van der Waals surface area contributed by atoms with Crippen LogP contribution in [0.1, 0.15) is 64.2 Å². The SMILES string of the molecule is Cc1ccc(CC(=O)Nc2nnc([C@@H]3CCC[C@@H](c4nnc(NC(=O)Cc5ccc([N+](=O)[O-])cc5)s4)C3)s2)cc1. The molecule has 0 saturated heterocycles. The zero-order valence-electron chi connectivity index (χ0n) is 21.7. The van der Waals surface area contributed by atoms with Gasteiger partial charge in [-0.2, -0.15) is 0 Å². The summed E-state index contributed by atoms with van der Waals surface area (Å²) in [4.78, 5) is 35.3. The van der Waals surface area contributed by atoms with Gasteiger partial charge in [-0.3, -0.25) is 19.7 Å². The molecule has 0 unspecified atom stereocenters. The maximum absolute atomic E-state index is 12.5. The summed E-state index contributed by atoms with van der Waals surface area (Å²) in [6.07, 6.45) is 4.17. The first-order chi connectivity index (χ1) is 19.3. The molecule has 2 N–H and O–H groups in total. The van der Waals surface area contributed by atoms with E-state index < -0.39 is 4.92 Å². The Morgan fingerprint density at radius 2 is 1.30 bits per heavy atom. The number of nitro groups is 1. The summed E-state index contributed by atoms with van der Waals surface area (Å²) in [7, 11) is 0. The van der Waals surface area contributed by atoms with Crippen LogP contribution in [0.4, 0.5) is 16.0 Å². The topological polar surface area (TPSA) is 153 Å². The van der Waals surface area contributed by atoms with Crippen molar-refractivity contribution in [1.29, 1.82) is 0 Å². The van der Waals surface area contributed by atoms with E-state index in [0.29, 0.717) is 15.8 Å². The van der Waals surface area contributed by atoms with Crippen LogP contribution in [0.15, 0.2) is 48.5 Å². The molecule has 1 fully saturated rings. The van der Waals surface area contributed by atoms with Gasteiger partial charge < -0.3 is 10.6 Å². The number of carbonyl (C=O) groups excluding carboxylic acids is 2. The molecule has 1 saturated carbocycles. The van der Waals surface area contributed by atoms with Gasteiger partial charge >= 0.3 is 0 Å². The Labute approximate surface area is 238 Å². The van der Waals surface area contributed by atoms with Crippen LogP contribution in [-0.2, 0) is 22.4 Å². The predicted molar refractivity (Wildman–Crippen MR) is 153 cm³/mol. The second-order valence-corrected chi connectivity index (χ2v) is 11.8. The van der Waals surface area contributed by atoms with Crippen LogP contribution in [0, 0.1) is 17.0 Å². The number of carbonyl (C=O) groups is 2. The summed E-state index contributed by atoms with van der Waals surface area (Å²) in [5, 5.41) is 36.2. The van der Waals surface area contributed by atoms with E-state index in [9.17, 15) is 19.7 Å². The number of non-ortho nitro benzene ring substituents is 1. The number of amides is 2. The molecule has 2 aromatic carbocycles. The van der Waals surface area contributed by atoms with Gasteiger partial charge in [0.15, 0.2) is 0 Å². The maximum atomic E-state index is 12.5. The van der Waals surface area contributed by atoms with E-state index in [1.165, 1.54) is 34.8 Å². The molecule has 2 atom stereocenters. The number of benzene rings is 2. The van der Waals surface area contributed by atoms with Crippen LogP contribution >= 0.6 is 22.7 Å². The van der Waals surface area contributed by atoms with Crippen molar-refractivity contribution in [3.05, 3.63) is 85.4 Å².